The third-order valence-electron chi connectivity index (χ3n) is 4.05. The van der Waals surface area contributed by atoms with E-state index in [1.54, 1.807) is 12.1 Å². The van der Waals surface area contributed by atoms with Crippen molar-refractivity contribution in [2.75, 3.05) is 21.3 Å². The summed E-state index contributed by atoms with van der Waals surface area (Å²) < 4.78 is 16.0. The lowest BCUT2D eigenvalue weighted by Crippen LogP contribution is -2.27. The number of nitrogens with zero attached hydrogens (tertiary/aromatic N) is 1. The Morgan fingerprint density at radius 3 is 2.26 bits per heavy atom. The average Bonchev–Trinajstić information content (AvgIpc) is 2.71. The molecule has 0 spiro atoms. The number of hydrogen-bond donors (Lipinski definition) is 1. The fraction of sp³-hybridized carbons (Fsp3) is 0.238. The topological polar surface area (TPSA) is 80.6 Å². The van der Waals surface area contributed by atoms with Gasteiger partial charge in [-0.25, -0.2) is 0 Å². The van der Waals surface area contributed by atoms with Crippen molar-refractivity contribution in [3.63, 3.8) is 0 Å². The van der Waals surface area contributed by atoms with E-state index in [-0.39, 0.29) is 11.6 Å². The van der Waals surface area contributed by atoms with Crippen molar-refractivity contribution in [1.29, 1.82) is 5.26 Å². The van der Waals surface area contributed by atoms with E-state index < -0.39 is 5.91 Å². The Labute approximate surface area is 159 Å². The number of hydrogen-bond acceptors (Lipinski definition) is 5. The van der Waals surface area contributed by atoms with Crippen LogP contribution in [-0.4, -0.2) is 27.2 Å². The molecule has 6 heteroatoms. The maximum atomic E-state index is 12.5. The van der Waals surface area contributed by atoms with Gasteiger partial charge in [0.1, 0.15) is 11.6 Å². The van der Waals surface area contributed by atoms with Gasteiger partial charge in [0.15, 0.2) is 11.5 Å². The Bertz CT molecular complexity index is 870. The van der Waals surface area contributed by atoms with Crippen LogP contribution in [0, 0.1) is 11.3 Å². The Balaban J connectivity index is 2.33. The number of ether oxygens (including phenoxy) is 3. The second-order valence-corrected chi connectivity index (χ2v) is 5.70. The van der Waals surface area contributed by atoms with Crippen molar-refractivity contribution in [1.82, 2.24) is 5.32 Å². The van der Waals surface area contributed by atoms with Gasteiger partial charge in [0.05, 0.1) is 27.4 Å². The third-order valence-corrected chi connectivity index (χ3v) is 4.05. The van der Waals surface area contributed by atoms with E-state index in [2.05, 4.69) is 5.32 Å². The van der Waals surface area contributed by atoms with Crippen molar-refractivity contribution in [3.8, 4) is 23.3 Å². The predicted molar refractivity (Wildman–Crippen MR) is 103 cm³/mol. The zero-order valence-corrected chi connectivity index (χ0v) is 15.8. The molecule has 0 aromatic heterocycles. The van der Waals surface area contributed by atoms with Crippen LogP contribution in [0.25, 0.3) is 6.08 Å². The molecule has 0 aliphatic rings. The van der Waals surface area contributed by atoms with E-state index in [4.69, 9.17) is 14.2 Å². The summed E-state index contributed by atoms with van der Waals surface area (Å²) >= 11 is 0. The first-order valence-electron chi connectivity index (χ1n) is 8.32. The van der Waals surface area contributed by atoms with Gasteiger partial charge in [-0.15, -0.1) is 0 Å². The monoisotopic (exact) mass is 366 g/mol. The number of rotatable bonds is 7. The number of amides is 1. The summed E-state index contributed by atoms with van der Waals surface area (Å²) in [6.45, 7) is 1.86. The fourth-order valence-electron chi connectivity index (χ4n) is 2.64. The molecular formula is C21H22N2O4. The van der Waals surface area contributed by atoms with Crippen molar-refractivity contribution >= 4 is 12.0 Å². The van der Waals surface area contributed by atoms with Gasteiger partial charge in [0.2, 0.25) is 5.75 Å². The van der Waals surface area contributed by atoms with E-state index in [1.165, 1.54) is 27.4 Å². The molecule has 0 radical (unpaired) electrons. The van der Waals surface area contributed by atoms with E-state index >= 15 is 0 Å². The number of benzene rings is 2. The first-order valence-corrected chi connectivity index (χ1v) is 8.32. The number of nitriles is 1. The fourth-order valence-corrected chi connectivity index (χ4v) is 2.64. The molecule has 0 saturated carbocycles. The highest BCUT2D eigenvalue weighted by molar-refractivity contribution is 6.02. The van der Waals surface area contributed by atoms with Crippen LogP contribution < -0.4 is 19.5 Å². The highest BCUT2D eigenvalue weighted by Crippen LogP contribution is 2.40. The maximum absolute atomic E-state index is 12.5. The molecule has 2 aromatic rings. The number of carbonyl (C=O) groups excluding carboxylic acids is 1. The molecule has 1 N–H and O–H groups in total. The molecule has 6 nitrogen and oxygen atoms in total. The van der Waals surface area contributed by atoms with Gasteiger partial charge in [0, 0.05) is 5.56 Å². The molecule has 140 valence electrons. The lowest BCUT2D eigenvalue weighted by molar-refractivity contribution is -0.117. The highest BCUT2D eigenvalue weighted by atomic mass is 16.5. The lowest BCUT2D eigenvalue weighted by atomic mass is 10.1. The van der Waals surface area contributed by atoms with Gasteiger partial charge < -0.3 is 19.5 Å². The van der Waals surface area contributed by atoms with Crippen LogP contribution in [0.2, 0.25) is 0 Å². The number of nitrogens with one attached hydrogen (secondary N) is 1. The van der Waals surface area contributed by atoms with Crippen LogP contribution in [0.3, 0.4) is 0 Å². The van der Waals surface area contributed by atoms with Gasteiger partial charge in [-0.05, 0) is 30.7 Å². The van der Waals surface area contributed by atoms with Crippen LogP contribution in [0.4, 0.5) is 0 Å². The van der Waals surface area contributed by atoms with Crippen LogP contribution in [0.5, 0.6) is 17.2 Å². The van der Waals surface area contributed by atoms with E-state index in [0.717, 1.165) is 5.56 Å². The minimum Gasteiger partial charge on any atom is -0.493 e. The molecule has 1 atom stereocenters. The molecule has 0 bridgehead atoms. The number of carbonyl (C=O) groups is 1. The van der Waals surface area contributed by atoms with E-state index in [9.17, 15) is 10.1 Å². The summed E-state index contributed by atoms with van der Waals surface area (Å²) in [5.74, 6) is 0.801. The highest BCUT2D eigenvalue weighted by Gasteiger charge is 2.18. The molecule has 27 heavy (non-hydrogen) atoms. The quantitative estimate of drug-likeness (QED) is 0.599. The first-order chi connectivity index (χ1) is 13.0. The smallest absolute Gasteiger partial charge is 0.262 e. The van der Waals surface area contributed by atoms with Crippen LogP contribution in [0.1, 0.15) is 24.1 Å². The molecule has 0 fully saturated rings. The maximum Gasteiger partial charge on any atom is 0.262 e. The summed E-state index contributed by atoms with van der Waals surface area (Å²) in [5.41, 5.74) is 1.45. The minimum absolute atomic E-state index is 0.0386. The van der Waals surface area contributed by atoms with Crippen LogP contribution >= 0.6 is 0 Å². The lowest BCUT2D eigenvalue weighted by Gasteiger charge is -2.15. The second kappa shape index (κ2) is 9.30. The largest absolute Gasteiger partial charge is 0.493 e. The standard InChI is InChI=1S/C21H22N2O4/c1-14(15-8-6-5-7-9-15)23-21(24)17(13-22)12-16-10-11-18(25-2)20(27-4)19(16)26-3/h5-12,14H,1-4H3,(H,23,24)/b17-12-/t14-/m0/s1. The number of methoxy groups -OCH3 is 3. The Hall–Kier alpha value is -3.46. The van der Waals surface area contributed by atoms with Gasteiger partial charge in [-0.2, -0.15) is 5.26 Å². The third kappa shape index (κ3) is 4.59. The molecule has 2 aromatic carbocycles. The molecular weight excluding hydrogens is 344 g/mol. The van der Waals surface area contributed by atoms with Gasteiger partial charge in [-0.3, -0.25) is 4.79 Å². The summed E-state index contributed by atoms with van der Waals surface area (Å²) in [6, 6.07) is 14.6. The zero-order valence-electron chi connectivity index (χ0n) is 15.8. The summed E-state index contributed by atoms with van der Waals surface area (Å²) in [5, 5.41) is 12.3. The average molecular weight is 366 g/mol. The SMILES string of the molecule is COc1ccc(/C=C(/C#N)C(=O)N[C@@H](C)c2ccccc2)c(OC)c1OC. The summed E-state index contributed by atoms with van der Waals surface area (Å²) in [4.78, 5) is 12.5. The molecule has 0 aliphatic heterocycles. The molecule has 1 amide bonds. The second-order valence-electron chi connectivity index (χ2n) is 5.70. The van der Waals surface area contributed by atoms with Gasteiger partial charge >= 0.3 is 0 Å². The van der Waals surface area contributed by atoms with Crippen LogP contribution in [0.15, 0.2) is 48.0 Å². The van der Waals surface area contributed by atoms with Gasteiger partial charge in [0.25, 0.3) is 5.91 Å². The van der Waals surface area contributed by atoms with E-state index in [1.807, 2.05) is 43.3 Å². The molecule has 0 aliphatic carbocycles. The predicted octanol–water partition coefficient (Wildman–Crippen LogP) is 3.50. The summed E-state index contributed by atoms with van der Waals surface area (Å²) in [6.07, 6.45) is 1.47. The molecule has 0 saturated heterocycles. The van der Waals surface area contributed by atoms with Crippen molar-refractivity contribution in [3.05, 3.63) is 59.2 Å². The van der Waals surface area contributed by atoms with Crippen LogP contribution in [-0.2, 0) is 4.79 Å². The van der Waals surface area contributed by atoms with Gasteiger partial charge in [-0.1, -0.05) is 30.3 Å². The van der Waals surface area contributed by atoms with Crippen molar-refractivity contribution < 1.29 is 19.0 Å². The molecule has 0 unspecified atom stereocenters. The Morgan fingerprint density at radius 1 is 1.04 bits per heavy atom. The van der Waals surface area contributed by atoms with E-state index in [0.29, 0.717) is 22.8 Å². The van der Waals surface area contributed by atoms with Crippen molar-refractivity contribution in [2.45, 2.75) is 13.0 Å². The Morgan fingerprint density at radius 2 is 1.70 bits per heavy atom. The molecule has 2 rings (SSSR count). The Kier molecular flexibility index (Phi) is 6.84. The minimum atomic E-state index is -0.467. The normalized spacial score (nSPS) is 11.9. The zero-order chi connectivity index (χ0) is 19.8. The summed E-state index contributed by atoms with van der Waals surface area (Å²) in [7, 11) is 4.50. The molecule has 0 heterocycles. The van der Waals surface area contributed by atoms with Crippen molar-refractivity contribution in [2.24, 2.45) is 0 Å². The first kappa shape index (κ1) is 19.9.